The van der Waals surface area contributed by atoms with Gasteiger partial charge in [-0.25, -0.2) is 0 Å². The van der Waals surface area contributed by atoms with Crippen molar-refractivity contribution in [1.82, 2.24) is 10.2 Å². The molecular formula is C9H4BrF3N2O. The number of hydrogen-bond donors (Lipinski definition) is 1. The van der Waals surface area contributed by atoms with Crippen molar-refractivity contribution in [3.8, 4) is 0 Å². The molecule has 2 aromatic rings. The highest BCUT2D eigenvalue weighted by molar-refractivity contribution is 9.10. The second-order valence-electron chi connectivity index (χ2n) is 3.09. The van der Waals surface area contributed by atoms with Crippen molar-refractivity contribution >= 4 is 32.6 Å². The number of fused-ring (bicyclic) bond motifs is 1. The van der Waals surface area contributed by atoms with Gasteiger partial charge in [-0.15, -0.1) is 0 Å². The van der Waals surface area contributed by atoms with Crippen LogP contribution >= 0.6 is 15.9 Å². The van der Waals surface area contributed by atoms with Crippen LogP contribution in [0.1, 0.15) is 10.5 Å². The highest BCUT2D eigenvalue weighted by Crippen LogP contribution is 2.26. The predicted octanol–water partition coefficient (Wildman–Crippen LogP) is 3.07. The van der Waals surface area contributed by atoms with E-state index in [1.54, 1.807) is 12.1 Å². The summed E-state index contributed by atoms with van der Waals surface area (Å²) in [7, 11) is 0. The number of aromatic amines is 1. The van der Waals surface area contributed by atoms with Gasteiger partial charge in [-0.3, -0.25) is 9.89 Å². The van der Waals surface area contributed by atoms with Crippen molar-refractivity contribution in [2.24, 2.45) is 0 Å². The summed E-state index contributed by atoms with van der Waals surface area (Å²) in [5.74, 6) is -1.95. The largest absolute Gasteiger partial charge is 0.456 e. The fourth-order valence-corrected chi connectivity index (χ4v) is 1.65. The third-order valence-electron chi connectivity index (χ3n) is 2.00. The maximum absolute atomic E-state index is 12.2. The van der Waals surface area contributed by atoms with E-state index in [0.717, 1.165) is 0 Å². The number of benzene rings is 1. The van der Waals surface area contributed by atoms with Crippen LogP contribution in [0, 0.1) is 0 Å². The number of carbonyl (C=O) groups excluding carboxylic acids is 1. The predicted molar refractivity (Wildman–Crippen MR) is 54.2 cm³/mol. The van der Waals surface area contributed by atoms with Crippen LogP contribution in [-0.4, -0.2) is 22.2 Å². The molecule has 2 rings (SSSR count). The van der Waals surface area contributed by atoms with Gasteiger partial charge in [0.25, 0.3) is 5.78 Å². The smallest absolute Gasteiger partial charge is 0.282 e. The molecule has 3 nitrogen and oxygen atoms in total. The second kappa shape index (κ2) is 3.58. The highest BCUT2D eigenvalue weighted by Gasteiger charge is 2.41. The Hall–Kier alpha value is -1.37. The van der Waals surface area contributed by atoms with E-state index < -0.39 is 17.7 Å². The van der Waals surface area contributed by atoms with E-state index in [-0.39, 0.29) is 5.39 Å². The van der Waals surface area contributed by atoms with E-state index in [0.29, 0.717) is 9.99 Å². The van der Waals surface area contributed by atoms with E-state index >= 15 is 0 Å². The zero-order valence-electron chi connectivity index (χ0n) is 7.60. The van der Waals surface area contributed by atoms with Crippen LogP contribution < -0.4 is 0 Å². The topological polar surface area (TPSA) is 45.8 Å². The summed E-state index contributed by atoms with van der Waals surface area (Å²) in [5.41, 5.74) is -0.223. The van der Waals surface area contributed by atoms with E-state index in [9.17, 15) is 18.0 Å². The summed E-state index contributed by atoms with van der Waals surface area (Å²) in [6.45, 7) is 0. The Labute approximate surface area is 95.8 Å². The number of carbonyl (C=O) groups is 1. The Balaban J connectivity index is 2.62. The SMILES string of the molecule is O=C(c1n[nH]c2ccc(Br)cc12)C(F)(F)F. The van der Waals surface area contributed by atoms with Crippen LogP contribution in [0.15, 0.2) is 22.7 Å². The quantitative estimate of drug-likeness (QED) is 0.821. The molecule has 0 atom stereocenters. The zero-order chi connectivity index (χ0) is 11.9. The van der Waals surface area contributed by atoms with Gasteiger partial charge in [0, 0.05) is 9.86 Å². The van der Waals surface area contributed by atoms with Crippen LogP contribution in [0.5, 0.6) is 0 Å². The van der Waals surface area contributed by atoms with Crippen molar-refractivity contribution in [1.29, 1.82) is 0 Å². The second-order valence-corrected chi connectivity index (χ2v) is 4.00. The number of hydrogen-bond acceptors (Lipinski definition) is 2. The van der Waals surface area contributed by atoms with Crippen molar-refractivity contribution in [3.63, 3.8) is 0 Å². The molecule has 0 spiro atoms. The number of alkyl halides is 3. The fourth-order valence-electron chi connectivity index (χ4n) is 1.29. The zero-order valence-corrected chi connectivity index (χ0v) is 9.19. The number of ketones is 1. The maximum atomic E-state index is 12.2. The molecule has 0 amide bonds. The molecular weight excluding hydrogens is 289 g/mol. The average molecular weight is 293 g/mol. The third-order valence-corrected chi connectivity index (χ3v) is 2.49. The number of halogens is 4. The van der Waals surface area contributed by atoms with Gasteiger partial charge < -0.3 is 0 Å². The summed E-state index contributed by atoms with van der Waals surface area (Å²) >= 11 is 3.12. The minimum Gasteiger partial charge on any atom is -0.282 e. The molecule has 0 unspecified atom stereocenters. The third kappa shape index (κ3) is 1.82. The molecule has 0 fully saturated rings. The summed E-state index contributed by atoms with van der Waals surface area (Å²) in [4.78, 5) is 11.0. The number of nitrogens with one attached hydrogen (secondary N) is 1. The fraction of sp³-hybridized carbons (Fsp3) is 0.111. The van der Waals surface area contributed by atoms with Gasteiger partial charge in [0.1, 0.15) is 5.69 Å². The molecule has 0 aliphatic heterocycles. The first-order valence-corrected chi connectivity index (χ1v) is 4.94. The van der Waals surface area contributed by atoms with E-state index in [1.807, 2.05) is 0 Å². The summed E-state index contributed by atoms with van der Waals surface area (Å²) in [5, 5.41) is 5.91. The molecule has 0 bridgehead atoms. The molecule has 0 radical (unpaired) electrons. The standard InChI is InChI=1S/C9H4BrF3N2O/c10-4-1-2-6-5(3-4)7(15-14-6)8(16)9(11,12)13/h1-3H,(H,14,15). The molecule has 0 saturated carbocycles. The highest BCUT2D eigenvalue weighted by atomic mass is 79.9. The van der Waals surface area contributed by atoms with Gasteiger partial charge in [-0.1, -0.05) is 15.9 Å². The Morgan fingerprint density at radius 1 is 1.38 bits per heavy atom. The number of Topliss-reactive ketones (excluding diaryl/α,β-unsaturated/α-hetero) is 1. The lowest BCUT2D eigenvalue weighted by atomic mass is 10.1. The monoisotopic (exact) mass is 292 g/mol. The normalized spacial score (nSPS) is 12.0. The van der Waals surface area contributed by atoms with Gasteiger partial charge in [0.2, 0.25) is 0 Å². The van der Waals surface area contributed by atoms with E-state index in [2.05, 4.69) is 26.1 Å². The van der Waals surface area contributed by atoms with Gasteiger partial charge in [-0.05, 0) is 18.2 Å². The molecule has 16 heavy (non-hydrogen) atoms. The first-order chi connectivity index (χ1) is 7.39. The Bertz CT molecular complexity index is 561. The summed E-state index contributed by atoms with van der Waals surface area (Å²) in [6.07, 6.45) is -4.91. The number of nitrogens with zero attached hydrogens (tertiary/aromatic N) is 1. The van der Waals surface area contributed by atoms with Gasteiger partial charge in [0.05, 0.1) is 5.52 Å². The number of H-pyrrole nitrogens is 1. The summed E-state index contributed by atoms with van der Waals surface area (Å²) < 4.78 is 37.3. The summed E-state index contributed by atoms with van der Waals surface area (Å²) in [6, 6.07) is 4.60. The first kappa shape index (κ1) is 11.1. The minimum absolute atomic E-state index is 0.150. The van der Waals surface area contributed by atoms with E-state index in [1.165, 1.54) is 6.07 Å². The van der Waals surface area contributed by atoms with Crippen LogP contribution in [-0.2, 0) is 0 Å². The van der Waals surface area contributed by atoms with Gasteiger partial charge >= 0.3 is 6.18 Å². The lowest BCUT2D eigenvalue weighted by molar-refractivity contribution is -0.0887. The van der Waals surface area contributed by atoms with E-state index in [4.69, 9.17) is 0 Å². The van der Waals surface area contributed by atoms with Crippen molar-refractivity contribution < 1.29 is 18.0 Å². The van der Waals surface area contributed by atoms with Crippen molar-refractivity contribution in [3.05, 3.63) is 28.4 Å². The molecule has 1 aromatic carbocycles. The molecule has 0 saturated heterocycles. The Morgan fingerprint density at radius 3 is 2.69 bits per heavy atom. The Kier molecular flexibility index (Phi) is 2.49. The lowest BCUT2D eigenvalue weighted by Gasteiger charge is -2.01. The lowest BCUT2D eigenvalue weighted by Crippen LogP contribution is -2.23. The van der Waals surface area contributed by atoms with Crippen LogP contribution in [0.3, 0.4) is 0 Å². The van der Waals surface area contributed by atoms with Crippen molar-refractivity contribution in [2.75, 3.05) is 0 Å². The van der Waals surface area contributed by atoms with Gasteiger partial charge in [-0.2, -0.15) is 18.3 Å². The van der Waals surface area contributed by atoms with Crippen molar-refractivity contribution in [2.45, 2.75) is 6.18 Å². The van der Waals surface area contributed by atoms with Crippen LogP contribution in [0.4, 0.5) is 13.2 Å². The average Bonchev–Trinajstić information content (AvgIpc) is 2.57. The van der Waals surface area contributed by atoms with Crippen LogP contribution in [0.2, 0.25) is 0 Å². The molecule has 84 valence electrons. The minimum atomic E-state index is -4.91. The van der Waals surface area contributed by atoms with Gasteiger partial charge in [0.15, 0.2) is 0 Å². The number of aromatic nitrogens is 2. The first-order valence-electron chi connectivity index (χ1n) is 4.15. The molecule has 0 aliphatic rings. The molecule has 1 N–H and O–H groups in total. The molecule has 1 heterocycles. The molecule has 7 heteroatoms. The Morgan fingerprint density at radius 2 is 2.06 bits per heavy atom. The molecule has 1 aromatic heterocycles. The number of rotatable bonds is 1. The van der Waals surface area contributed by atoms with Crippen LogP contribution in [0.25, 0.3) is 10.9 Å². The molecule has 0 aliphatic carbocycles. The maximum Gasteiger partial charge on any atom is 0.456 e.